The van der Waals surface area contributed by atoms with Crippen molar-refractivity contribution in [1.29, 1.82) is 0 Å². The van der Waals surface area contributed by atoms with E-state index in [0.29, 0.717) is 0 Å². The fraction of sp³-hybridized carbons (Fsp3) is 1.00. The maximum Gasteiger partial charge on any atom is 0.0198 e. The summed E-state index contributed by atoms with van der Waals surface area (Å²) >= 11 is 0. The molecule has 21 heavy (non-hydrogen) atoms. The summed E-state index contributed by atoms with van der Waals surface area (Å²) in [7, 11) is 0. The number of nitrogens with one attached hydrogen (secondary N) is 1. The summed E-state index contributed by atoms with van der Waals surface area (Å²) < 4.78 is 0. The first-order valence-corrected chi connectivity index (χ1v) is 9.82. The summed E-state index contributed by atoms with van der Waals surface area (Å²) in [6.45, 7) is 6.39. The fourth-order valence-corrected chi connectivity index (χ4v) is 4.98. The summed E-state index contributed by atoms with van der Waals surface area (Å²) in [5.41, 5.74) is 0. The molecule has 0 aromatic carbocycles. The number of rotatable bonds is 5. The van der Waals surface area contributed by atoms with Crippen LogP contribution in [0.15, 0.2) is 0 Å². The minimum Gasteiger partial charge on any atom is -0.312 e. The molecule has 2 nitrogen and oxygen atoms in total. The van der Waals surface area contributed by atoms with Gasteiger partial charge in [-0.15, -0.1) is 0 Å². The van der Waals surface area contributed by atoms with Gasteiger partial charge >= 0.3 is 0 Å². The first kappa shape index (κ1) is 15.8. The van der Waals surface area contributed by atoms with Gasteiger partial charge in [-0.05, 0) is 50.5 Å². The van der Waals surface area contributed by atoms with Crippen LogP contribution in [0.25, 0.3) is 0 Å². The normalized spacial score (nSPS) is 33.6. The molecule has 2 unspecified atom stereocenters. The Balaban J connectivity index is 1.48. The number of nitrogens with zero attached hydrogens (tertiary/aromatic N) is 1. The van der Waals surface area contributed by atoms with E-state index in [1.807, 2.05) is 0 Å². The summed E-state index contributed by atoms with van der Waals surface area (Å²) in [5, 5.41) is 3.97. The van der Waals surface area contributed by atoms with Crippen molar-refractivity contribution in [1.82, 2.24) is 10.2 Å². The Hall–Kier alpha value is -0.0800. The van der Waals surface area contributed by atoms with Crippen molar-refractivity contribution in [3.63, 3.8) is 0 Å². The van der Waals surface area contributed by atoms with Crippen LogP contribution in [0.5, 0.6) is 0 Å². The van der Waals surface area contributed by atoms with Gasteiger partial charge in [-0.1, -0.05) is 45.4 Å². The maximum absolute atomic E-state index is 3.97. The van der Waals surface area contributed by atoms with Crippen molar-refractivity contribution >= 4 is 0 Å². The Kier molecular flexibility index (Phi) is 5.99. The first-order valence-electron chi connectivity index (χ1n) is 9.82. The second-order valence-electron chi connectivity index (χ2n) is 8.01. The Bertz CT molecular complexity index is 292. The zero-order valence-corrected chi connectivity index (χ0v) is 14.2. The van der Waals surface area contributed by atoms with Gasteiger partial charge in [0.2, 0.25) is 0 Å². The van der Waals surface area contributed by atoms with E-state index in [2.05, 4.69) is 17.1 Å². The van der Waals surface area contributed by atoms with E-state index < -0.39 is 0 Å². The van der Waals surface area contributed by atoms with Gasteiger partial charge in [0.1, 0.15) is 0 Å². The Labute approximate surface area is 132 Å². The molecule has 3 aliphatic rings. The zero-order chi connectivity index (χ0) is 14.5. The molecule has 0 spiro atoms. The molecule has 2 atom stereocenters. The summed E-state index contributed by atoms with van der Waals surface area (Å²) in [4.78, 5) is 2.85. The van der Waals surface area contributed by atoms with Crippen molar-refractivity contribution in [3.05, 3.63) is 0 Å². The molecule has 0 bridgehead atoms. The van der Waals surface area contributed by atoms with E-state index in [0.717, 1.165) is 23.9 Å². The second-order valence-corrected chi connectivity index (χ2v) is 8.01. The van der Waals surface area contributed by atoms with Crippen molar-refractivity contribution in [2.45, 2.75) is 89.6 Å². The molecule has 1 aliphatic heterocycles. The number of hydrogen-bond donors (Lipinski definition) is 1. The van der Waals surface area contributed by atoms with Crippen LogP contribution < -0.4 is 5.32 Å². The van der Waals surface area contributed by atoms with Crippen molar-refractivity contribution in [2.75, 3.05) is 19.6 Å². The molecule has 2 heteroatoms. The lowest BCUT2D eigenvalue weighted by atomic mass is 9.87. The smallest absolute Gasteiger partial charge is 0.0198 e. The van der Waals surface area contributed by atoms with Crippen LogP contribution in [0.2, 0.25) is 0 Å². The van der Waals surface area contributed by atoms with Gasteiger partial charge in [0.25, 0.3) is 0 Å². The lowest BCUT2D eigenvalue weighted by molar-refractivity contribution is 0.0948. The van der Waals surface area contributed by atoms with Gasteiger partial charge in [-0.2, -0.15) is 0 Å². The molecule has 2 saturated carbocycles. The fourth-order valence-electron chi connectivity index (χ4n) is 4.98. The highest BCUT2D eigenvalue weighted by Crippen LogP contribution is 2.29. The molecule has 1 heterocycles. The lowest BCUT2D eigenvalue weighted by Crippen LogP contribution is -2.52. The first-order chi connectivity index (χ1) is 10.3. The van der Waals surface area contributed by atoms with Crippen molar-refractivity contribution in [2.24, 2.45) is 11.8 Å². The number of hydrogen-bond acceptors (Lipinski definition) is 2. The van der Waals surface area contributed by atoms with Crippen LogP contribution in [0, 0.1) is 11.8 Å². The zero-order valence-electron chi connectivity index (χ0n) is 14.2. The molecule has 1 N–H and O–H groups in total. The average molecular weight is 293 g/mol. The van der Waals surface area contributed by atoms with Crippen molar-refractivity contribution < 1.29 is 0 Å². The third-order valence-corrected chi connectivity index (χ3v) is 6.40. The van der Waals surface area contributed by atoms with Gasteiger partial charge in [0, 0.05) is 25.2 Å². The highest BCUT2D eigenvalue weighted by Gasteiger charge is 2.31. The van der Waals surface area contributed by atoms with Crippen LogP contribution >= 0.6 is 0 Å². The minimum absolute atomic E-state index is 0.770. The summed E-state index contributed by atoms with van der Waals surface area (Å²) in [6, 6.07) is 1.68. The van der Waals surface area contributed by atoms with Crippen LogP contribution in [0.4, 0.5) is 0 Å². The van der Waals surface area contributed by atoms with Crippen LogP contribution in [0.1, 0.15) is 77.6 Å². The Morgan fingerprint density at radius 1 is 0.857 bits per heavy atom. The van der Waals surface area contributed by atoms with Gasteiger partial charge in [0.15, 0.2) is 0 Å². The predicted octanol–water partition coefficient (Wildman–Crippen LogP) is 4.20. The van der Waals surface area contributed by atoms with E-state index in [-0.39, 0.29) is 0 Å². The Morgan fingerprint density at radius 2 is 1.57 bits per heavy atom. The van der Waals surface area contributed by atoms with Gasteiger partial charge < -0.3 is 5.32 Å². The SMILES string of the molecule is CCC1CC(NCC2CCCCC2)CN(C2CCCC2)C1. The van der Waals surface area contributed by atoms with Crippen LogP contribution in [-0.4, -0.2) is 36.6 Å². The van der Waals surface area contributed by atoms with E-state index in [4.69, 9.17) is 0 Å². The standard InChI is InChI=1S/C19H36N2/c1-2-16-12-18(20-13-17-8-4-3-5-9-17)15-21(14-16)19-10-6-7-11-19/h16-20H,2-15H2,1H3. The molecule has 0 aromatic heterocycles. The molecule has 0 aromatic rings. The predicted molar refractivity (Wildman–Crippen MR) is 90.6 cm³/mol. The molecular formula is C19H36N2. The quantitative estimate of drug-likeness (QED) is 0.817. The largest absolute Gasteiger partial charge is 0.312 e. The molecular weight excluding hydrogens is 256 g/mol. The van der Waals surface area contributed by atoms with Gasteiger partial charge in [0.05, 0.1) is 0 Å². The molecule has 3 fully saturated rings. The molecule has 122 valence electrons. The third-order valence-electron chi connectivity index (χ3n) is 6.40. The van der Waals surface area contributed by atoms with Crippen LogP contribution in [0.3, 0.4) is 0 Å². The van der Waals surface area contributed by atoms with E-state index in [1.165, 1.54) is 90.3 Å². The highest BCUT2D eigenvalue weighted by atomic mass is 15.2. The highest BCUT2D eigenvalue weighted by molar-refractivity contribution is 4.88. The Morgan fingerprint density at radius 3 is 2.29 bits per heavy atom. The maximum atomic E-state index is 3.97. The third kappa shape index (κ3) is 4.45. The van der Waals surface area contributed by atoms with E-state index >= 15 is 0 Å². The molecule has 3 rings (SSSR count). The van der Waals surface area contributed by atoms with Gasteiger partial charge in [-0.25, -0.2) is 0 Å². The lowest BCUT2D eigenvalue weighted by Gasteiger charge is -2.41. The van der Waals surface area contributed by atoms with Gasteiger partial charge in [-0.3, -0.25) is 4.90 Å². The second kappa shape index (κ2) is 7.97. The van der Waals surface area contributed by atoms with Crippen molar-refractivity contribution in [3.8, 4) is 0 Å². The minimum atomic E-state index is 0.770. The van der Waals surface area contributed by atoms with E-state index in [9.17, 15) is 0 Å². The summed E-state index contributed by atoms with van der Waals surface area (Å²) in [6.07, 6.45) is 16.0. The molecule has 2 aliphatic carbocycles. The molecule has 0 radical (unpaired) electrons. The summed E-state index contributed by atoms with van der Waals surface area (Å²) in [5.74, 6) is 1.91. The van der Waals surface area contributed by atoms with Crippen LogP contribution in [-0.2, 0) is 0 Å². The topological polar surface area (TPSA) is 15.3 Å². The van der Waals surface area contributed by atoms with E-state index in [1.54, 1.807) is 0 Å². The molecule has 0 amide bonds. The number of likely N-dealkylation sites (tertiary alicyclic amines) is 1. The monoisotopic (exact) mass is 292 g/mol. The molecule has 1 saturated heterocycles. The number of piperidine rings is 1. The average Bonchev–Trinajstić information content (AvgIpc) is 3.08.